The Morgan fingerprint density at radius 3 is 2.59 bits per heavy atom. The monoisotopic (exact) mass is 440 g/mol. The normalized spacial score (nSPS) is 14.5. The van der Waals surface area contributed by atoms with E-state index < -0.39 is 5.97 Å². The summed E-state index contributed by atoms with van der Waals surface area (Å²) in [5, 5.41) is 3.54. The number of nitrogens with zero attached hydrogens (tertiary/aromatic N) is 3. The maximum atomic E-state index is 12.0. The molecule has 0 bridgehead atoms. The topological polar surface area (TPSA) is 98.8 Å². The Labute approximate surface area is 186 Å². The van der Waals surface area contributed by atoms with Gasteiger partial charge in [0.05, 0.1) is 30.8 Å². The Balaban J connectivity index is 1.50. The van der Waals surface area contributed by atoms with Gasteiger partial charge in [0.1, 0.15) is 5.76 Å². The number of esters is 1. The van der Waals surface area contributed by atoms with Crippen molar-refractivity contribution in [3.05, 3.63) is 47.9 Å². The molecule has 3 aromatic rings. The molecule has 0 spiro atoms. The summed E-state index contributed by atoms with van der Waals surface area (Å²) in [6, 6.07) is 11.5. The van der Waals surface area contributed by atoms with Crippen LogP contribution in [-0.2, 0) is 16.0 Å². The number of likely N-dealkylation sites (tertiary alicyclic amines) is 1. The predicted octanol–water partition coefficient (Wildman–Crippen LogP) is 3.89. The van der Waals surface area contributed by atoms with Crippen LogP contribution in [0.3, 0.4) is 0 Å². The molecule has 9 heteroatoms. The number of hydrogen-bond donors (Lipinski definition) is 1. The van der Waals surface area contributed by atoms with E-state index in [2.05, 4.69) is 5.32 Å². The third-order valence-corrected chi connectivity index (χ3v) is 5.46. The Kier molecular flexibility index (Phi) is 6.63. The van der Waals surface area contributed by atoms with Crippen LogP contribution >= 0.6 is 0 Å². The summed E-state index contributed by atoms with van der Waals surface area (Å²) >= 11 is 0. The van der Waals surface area contributed by atoms with Crippen LogP contribution in [0.5, 0.6) is 0 Å². The highest BCUT2D eigenvalue weighted by Crippen LogP contribution is 2.24. The van der Waals surface area contributed by atoms with E-state index in [1.807, 2.05) is 35.8 Å². The molecule has 0 atom stereocenters. The molecule has 1 fully saturated rings. The highest BCUT2D eigenvalue weighted by Gasteiger charge is 2.25. The van der Waals surface area contributed by atoms with E-state index >= 15 is 0 Å². The fourth-order valence-electron chi connectivity index (χ4n) is 3.88. The van der Waals surface area contributed by atoms with Crippen LogP contribution in [0, 0.1) is 0 Å². The highest BCUT2D eigenvalue weighted by molar-refractivity contribution is 5.86. The molecule has 2 aromatic heterocycles. The van der Waals surface area contributed by atoms with Gasteiger partial charge in [-0.15, -0.1) is 0 Å². The molecule has 0 radical (unpaired) electrons. The first-order valence-electron chi connectivity index (χ1n) is 11.0. The summed E-state index contributed by atoms with van der Waals surface area (Å²) in [7, 11) is 0. The molecule has 9 nitrogen and oxygen atoms in total. The van der Waals surface area contributed by atoms with E-state index in [1.54, 1.807) is 24.0 Å². The number of aromatic nitrogens is 2. The fourth-order valence-corrected chi connectivity index (χ4v) is 3.88. The third kappa shape index (κ3) is 4.71. The summed E-state index contributed by atoms with van der Waals surface area (Å²) < 4.78 is 17.9. The van der Waals surface area contributed by atoms with Gasteiger partial charge in [0, 0.05) is 19.1 Å². The number of piperidine rings is 1. The summed E-state index contributed by atoms with van der Waals surface area (Å²) in [5.74, 6) is 1.08. The molecule has 170 valence electrons. The molecule has 4 rings (SSSR count). The second kappa shape index (κ2) is 9.76. The molecule has 1 aromatic carbocycles. The number of hydrogen-bond acceptors (Lipinski definition) is 7. The first kappa shape index (κ1) is 21.7. The molecule has 1 saturated heterocycles. The van der Waals surface area contributed by atoms with Crippen LogP contribution in [0.1, 0.15) is 43.0 Å². The van der Waals surface area contributed by atoms with Crippen LogP contribution < -0.4 is 5.32 Å². The number of imidazole rings is 1. The zero-order valence-corrected chi connectivity index (χ0v) is 18.4. The van der Waals surface area contributed by atoms with Crippen LogP contribution in [0.2, 0.25) is 0 Å². The molecule has 32 heavy (non-hydrogen) atoms. The summed E-state index contributed by atoms with van der Waals surface area (Å²) in [5.41, 5.74) is 1.84. The zero-order valence-electron chi connectivity index (χ0n) is 18.4. The van der Waals surface area contributed by atoms with Crippen LogP contribution in [0.15, 0.2) is 40.8 Å². The van der Waals surface area contributed by atoms with Crippen LogP contribution in [-0.4, -0.2) is 58.9 Å². The zero-order chi connectivity index (χ0) is 22.5. The van der Waals surface area contributed by atoms with Crippen LogP contribution in [0.4, 0.5) is 10.7 Å². The van der Waals surface area contributed by atoms with Gasteiger partial charge in [0.15, 0.2) is 0 Å². The second-order valence-corrected chi connectivity index (χ2v) is 7.60. The van der Waals surface area contributed by atoms with Gasteiger partial charge in [-0.1, -0.05) is 12.1 Å². The number of para-hydroxylation sites is 2. The van der Waals surface area contributed by atoms with Crippen molar-refractivity contribution in [3.8, 4) is 0 Å². The number of ether oxygens (including phenoxy) is 2. The van der Waals surface area contributed by atoms with Gasteiger partial charge in [0.25, 0.3) is 0 Å². The van der Waals surface area contributed by atoms with E-state index in [9.17, 15) is 9.59 Å². The van der Waals surface area contributed by atoms with Crippen molar-refractivity contribution in [1.82, 2.24) is 14.5 Å². The van der Waals surface area contributed by atoms with Crippen LogP contribution in [0.25, 0.3) is 11.0 Å². The smallest absolute Gasteiger partial charge is 0.409 e. The molecule has 0 unspecified atom stereocenters. The summed E-state index contributed by atoms with van der Waals surface area (Å²) in [6.45, 7) is 5.94. The van der Waals surface area contributed by atoms with E-state index in [4.69, 9.17) is 18.9 Å². The minimum absolute atomic E-state index is 0.183. The largest absolute Gasteiger partial charge is 0.460 e. The lowest BCUT2D eigenvalue weighted by atomic mass is 10.1. The van der Waals surface area contributed by atoms with Gasteiger partial charge in [0.2, 0.25) is 11.7 Å². The number of fused-ring (bicyclic) bond motifs is 1. The van der Waals surface area contributed by atoms with E-state index in [0.29, 0.717) is 38.6 Å². The molecule has 1 amide bonds. The van der Waals surface area contributed by atoms with Crippen molar-refractivity contribution >= 4 is 29.0 Å². The maximum Gasteiger partial charge on any atom is 0.409 e. The number of carbonyl (C=O) groups excluding carboxylic acids is 2. The average Bonchev–Trinajstić information content (AvgIpc) is 3.40. The Bertz CT molecular complexity index is 1080. The number of furan rings is 1. The lowest BCUT2D eigenvalue weighted by Gasteiger charge is -2.31. The minimum atomic E-state index is -0.471. The van der Waals surface area contributed by atoms with Crippen molar-refractivity contribution in [2.75, 3.05) is 31.6 Å². The summed E-state index contributed by atoms with van der Waals surface area (Å²) in [6.07, 6.45) is 1.35. The average molecular weight is 441 g/mol. The number of rotatable bonds is 7. The van der Waals surface area contributed by atoms with Crippen molar-refractivity contribution in [2.24, 2.45) is 0 Å². The molecule has 1 aliphatic heterocycles. The fraction of sp³-hybridized carbons (Fsp3) is 0.435. The Morgan fingerprint density at radius 1 is 1.09 bits per heavy atom. The lowest BCUT2D eigenvalue weighted by Crippen LogP contribution is -2.42. The Hall–Kier alpha value is -3.49. The SMILES string of the molecule is CCOC(=O)c1ccc(Cn2c(NC3CCN(C(=O)OCC)CC3)nc3ccccc32)o1. The lowest BCUT2D eigenvalue weighted by molar-refractivity contribution is 0.0488. The molecular formula is C23H28N4O5. The van der Waals surface area contributed by atoms with E-state index in [0.717, 1.165) is 29.8 Å². The number of benzene rings is 1. The van der Waals surface area contributed by atoms with Gasteiger partial charge < -0.3 is 28.7 Å². The number of anilines is 1. The molecular weight excluding hydrogens is 412 g/mol. The second-order valence-electron chi connectivity index (χ2n) is 7.60. The van der Waals surface area contributed by atoms with Gasteiger partial charge >= 0.3 is 12.1 Å². The molecule has 0 saturated carbocycles. The standard InChI is InChI=1S/C23H28N4O5/c1-3-30-21(28)20-10-9-17(32-20)15-27-19-8-6-5-7-18(19)25-22(27)24-16-11-13-26(14-12-16)23(29)31-4-2/h5-10,16H,3-4,11-15H2,1-2H3,(H,24,25). The van der Waals surface area contributed by atoms with E-state index in [-0.39, 0.29) is 17.9 Å². The quantitative estimate of drug-likeness (QED) is 0.557. The van der Waals surface area contributed by atoms with Crippen molar-refractivity contribution in [3.63, 3.8) is 0 Å². The molecule has 3 heterocycles. The van der Waals surface area contributed by atoms with Gasteiger partial charge in [-0.2, -0.15) is 0 Å². The first-order valence-corrected chi connectivity index (χ1v) is 11.0. The molecule has 1 aliphatic rings. The molecule has 0 aliphatic carbocycles. The van der Waals surface area contributed by atoms with Crippen molar-refractivity contribution in [1.29, 1.82) is 0 Å². The number of carbonyl (C=O) groups is 2. The van der Waals surface area contributed by atoms with Gasteiger partial charge in [-0.05, 0) is 51.0 Å². The van der Waals surface area contributed by atoms with Gasteiger partial charge in [-0.25, -0.2) is 14.6 Å². The Morgan fingerprint density at radius 2 is 1.84 bits per heavy atom. The predicted molar refractivity (Wildman–Crippen MR) is 119 cm³/mol. The van der Waals surface area contributed by atoms with Crippen molar-refractivity contribution in [2.45, 2.75) is 39.3 Å². The third-order valence-electron chi connectivity index (χ3n) is 5.46. The van der Waals surface area contributed by atoms with Gasteiger partial charge in [-0.3, -0.25) is 0 Å². The first-order chi connectivity index (χ1) is 15.6. The molecule has 1 N–H and O–H groups in total. The number of nitrogens with one attached hydrogen (secondary N) is 1. The number of amides is 1. The van der Waals surface area contributed by atoms with Crippen molar-refractivity contribution < 1.29 is 23.5 Å². The minimum Gasteiger partial charge on any atom is -0.460 e. The van der Waals surface area contributed by atoms with E-state index in [1.165, 1.54) is 0 Å². The maximum absolute atomic E-state index is 12.0. The highest BCUT2D eigenvalue weighted by atomic mass is 16.6. The summed E-state index contributed by atoms with van der Waals surface area (Å²) in [4.78, 5) is 30.4.